The third kappa shape index (κ3) is 11.8. The van der Waals surface area contributed by atoms with Crippen LogP contribution in [0, 0.1) is 5.41 Å². The summed E-state index contributed by atoms with van der Waals surface area (Å²) in [5.41, 5.74) is 0.538. The first-order valence-electron chi connectivity index (χ1n) is 7.15. The van der Waals surface area contributed by atoms with Crippen LogP contribution in [0.25, 0.3) is 0 Å². The van der Waals surface area contributed by atoms with Gasteiger partial charge in [-0.2, -0.15) is 0 Å². The number of rotatable bonds is 10. The van der Waals surface area contributed by atoms with Crippen molar-refractivity contribution >= 4 is 31.9 Å². The minimum atomic E-state index is 0.538. The SMILES string of the molecule is CCC(Br)CCCCC(C)(C)CCCC(C)Br. The van der Waals surface area contributed by atoms with Crippen molar-refractivity contribution in [3.63, 3.8) is 0 Å². The lowest BCUT2D eigenvalue weighted by molar-refractivity contribution is 0.284. The summed E-state index contributed by atoms with van der Waals surface area (Å²) < 4.78 is 0. The van der Waals surface area contributed by atoms with Crippen molar-refractivity contribution in [1.82, 2.24) is 0 Å². The highest BCUT2D eigenvalue weighted by atomic mass is 79.9. The molecule has 0 bridgehead atoms. The summed E-state index contributed by atoms with van der Waals surface area (Å²) in [6.07, 6.45) is 10.8. The molecule has 0 saturated heterocycles. The summed E-state index contributed by atoms with van der Waals surface area (Å²) >= 11 is 7.33. The van der Waals surface area contributed by atoms with Gasteiger partial charge < -0.3 is 0 Å². The van der Waals surface area contributed by atoms with Crippen molar-refractivity contribution < 1.29 is 0 Å². The molecule has 0 fully saturated rings. The maximum absolute atomic E-state index is 3.71. The Hall–Kier alpha value is 0.960. The molecule has 0 radical (unpaired) electrons. The summed E-state index contributed by atoms with van der Waals surface area (Å²) in [5, 5.41) is 0. The van der Waals surface area contributed by atoms with Gasteiger partial charge in [0.2, 0.25) is 0 Å². The van der Waals surface area contributed by atoms with Crippen molar-refractivity contribution in [2.24, 2.45) is 5.41 Å². The highest BCUT2D eigenvalue weighted by molar-refractivity contribution is 9.09. The molecular weight excluding hydrogens is 340 g/mol. The van der Waals surface area contributed by atoms with Crippen LogP contribution in [0.4, 0.5) is 0 Å². The van der Waals surface area contributed by atoms with Gasteiger partial charge in [0.15, 0.2) is 0 Å². The molecule has 2 atom stereocenters. The molecule has 0 saturated carbocycles. The number of alkyl halides is 2. The Morgan fingerprint density at radius 1 is 0.941 bits per heavy atom. The molecule has 2 heteroatoms. The van der Waals surface area contributed by atoms with Gasteiger partial charge in [-0.3, -0.25) is 0 Å². The van der Waals surface area contributed by atoms with Crippen LogP contribution in [0.1, 0.15) is 79.1 Å². The number of unbranched alkanes of at least 4 members (excludes halogenated alkanes) is 1. The van der Waals surface area contributed by atoms with Gasteiger partial charge in [-0.25, -0.2) is 0 Å². The van der Waals surface area contributed by atoms with Crippen molar-refractivity contribution in [3.05, 3.63) is 0 Å². The number of halogens is 2. The standard InChI is InChI=1S/C15H30Br2/c1-5-14(17)10-6-7-11-15(3,4)12-8-9-13(2)16/h13-14H,5-12H2,1-4H3. The predicted molar refractivity (Wildman–Crippen MR) is 87.5 cm³/mol. The third-order valence-electron chi connectivity index (χ3n) is 3.52. The van der Waals surface area contributed by atoms with E-state index in [1.54, 1.807) is 0 Å². The lowest BCUT2D eigenvalue weighted by Crippen LogP contribution is -2.12. The fourth-order valence-electron chi connectivity index (χ4n) is 2.16. The zero-order valence-corrected chi connectivity index (χ0v) is 15.2. The molecule has 0 aromatic carbocycles. The molecule has 0 spiro atoms. The Morgan fingerprint density at radius 3 is 2.06 bits per heavy atom. The third-order valence-corrected chi connectivity index (χ3v) is 5.08. The molecule has 0 aliphatic carbocycles. The minimum Gasteiger partial charge on any atom is -0.0894 e. The summed E-state index contributed by atoms with van der Waals surface area (Å²) in [4.78, 5) is 1.41. The second kappa shape index (κ2) is 9.83. The lowest BCUT2D eigenvalue weighted by Gasteiger charge is -2.25. The molecule has 0 rings (SSSR count). The number of hydrogen-bond acceptors (Lipinski definition) is 0. The Balaban J connectivity index is 3.56. The molecule has 0 aromatic heterocycles. The first-order chi connectivity index (χ1) is 7.87. The normalized spacial score (nSPS) is 15.9. The van der Waals surface area contributed by atoms with E-state index in [-0.39, 0.29) is 0 Å². The summed E-state index contributed by atoms with van der Waals surface area (Å²) in [6, 6.07) is 0. The monoisotopic (exact) mass is 368 g/mol. The average Bonchev–Trinajstić information content (AvgIpc) is 2.23. The van der Waals surface area contributed by atoms with Crippen molar-refractivity contribution in [1.29, 1.82) is 0 Å². The van der Waals surface area contributed by atoms with E-state index >= 15 is 0 Å². The maximum Gasteiger partial charge on any atom is 0.0143 e. The Bertz CT molecular complexity index is 176. The van der Waals surface area contributed by atoms with E-state index in [4.69, 9.17) is 0 Å². The van der Waals surface area contributed by atoms with Crippen molar-refractivity contribution in [3.8, 4) is 0 Å². The van der Waals surface area contributed by atoms with Gasteiger partial charge in [-0.15, -0.1) is 0 Å². The van der Waals surface area contributed by atoms with Crippen LogP contribution in [0.5, 0.6) is 0 Å². The van der Waals surface area contributed by atoms with Gasteiger partial charge in [-0.1, -0.05) is 78.8 Å². The smallest absolute Gasteiger partial charge is 0.0143 e. The Labute approximate surface area is 126 Å². The van der Waals surface area contributed by atoms with Crippen molar-refractivity contribution in [2.45, 2.75) is 88.7 Å². The molecule has 0 heterocycles. The average molecular weight is 370 g/mol. The van der Waals surface area contributed by atoms with Crippen LogP contribution in [-0.4, -0.2) is 9.65 Å². The van der Waals surface area contributed by atoms with E-state index in [0.717, 1.165) is 4.83 Å². The van der Waals surface area contributed by atoms with Gasteiger partial charge in [0.1, 0.15) is 0 Å². The molecule has 0 nitrogen and oxygen atoms in total. The predicted octanol–water partition coefficient (Wildman–Crippen LogP) is 6.70. The second-order valence-electron chi connectivity index (χ2n) is 6.09. The molecule has 0 aliphatic rings. The topological polar surface area (TPSA) is 0 Å². The fraction of sp³-hybridized carbons (Fsp3) is 1.00. The zero-order valence-electron chi connectivity index (χ0n) is 12.1. The van der Waals surface area contributed by atoms with Gasteiger partial charge >= 0.3 is 0 Å². The second-order valence-corrected chi connectivity index (χ2v) is 8.95. The molecular formula is C15H30Br2. The molecule has 0 N–H and O–H groups in total. The van der Waals surface area contributed by atoms with Crippen molar-refractivity contribution in [2.75, 3.05) is 0 Å². The number of hydrogen-bond donors (Lipinski definition) is 0. The fourth-order valence-corrected chi connectivity index (χ4v) is 2.81. The molecule has 2 unspecified atom stereocenters. The van der Waals surface area contributed by atoms with Crippen LogP contribution in [-0.2, 0) is 0 Å². The van der Waals surface area contributed by atoms with Crippen LogP contribution in [0.3, 0.4) is 0 Å². The van der Waals surface area contributed by atoms with Crippen LogP contribution in [0.15, 0.2) is 0 Å². The van der Waals surface area contributed by atoms with Crippen LogP contribution in [0.2, 0.25) is 0 Å². The summed E-state index contributed by atoms with van der Waals surface area (Å²) in [7, 11) is 0. The van der Waals surface area contributed by atoms with E-state index in [1.165, 1.54) is 51.4 Å². The summed E-state index contributed by atoms with van der Waals surface area (Å²) in [5.74, 6) is 0. The highest BCUT2D eigenvalue weighted by Crippen LogP contribution is 2.31. The first-order valence-corrected chi connectivity index (χ1v) is 8.98. The van der Waals surface area contributed by atoms with Gasteiger partial charge in [0.05, 0.1) is 0 Å². The molecule has 0 amide bonds. The molecule has 0 aliphatic heterocycles. The van der Waals surface area contributed by atoms with Gasteiger partial charge in [0, 0.05) is 9.65 Å². The van der Waals surface area contributed by atoms with Gasteiger partial charge in [0.25, 0.3) is 0 Å². The first kappa shape index (κ1) is 18.0. The summed E-state index contributed by atoms with van der Waals surface area (Å²) in [6.45, 7) is 9.35. The highest BCUT2D eigenvalue weighted by Gasteiger charge is 2.17. The molecule has 104 valence electrons. The Morgan fingerprint density at radius 2 is 1.53 bits per heavy atom. The molecule has 0 aromatic rings. The van der Waals surface area contributed by atoms with E-state index in [9.17, 15) is 0 Å². The molecule has 17 heavy (non-hydrogen) atoms. The Kier molecular flexibility index (Phi) is 10.4. The minimum absolute atomic E-state index is 0.538. The zero-order chi connectivity index (χ0) is 13.3. The van der Waals surface area contributed by atoms with Crippen LogP contribution < -0.4 is 0 Å². The van der Waals surface area contributed by atoms with E-state index in [0.29, 0.717) is 10.2 Å². The maximum atomic E-state index is 3.71. The largest absolute Gasteiger partial charge is 0.0894 e. The van der Waals surface area contributed by atoms with Gasteiger partial charge in [-0.05, 0) is 37.5 Å². The lowest BCUT2D eigenvalue weighted by atomic mass is 9.82. The van der Waals surface area contributed by atoms with E-state index in [1.807, 2.05) is 0 Å². The van der Waals surface area contributed by atoms with E-state index in [2.05, 4.69) is 59.6 Å². The van der Waals surface area contributed by atoms with Crippen LogP contribution >= 0.6 is 31.9 Å². The van der Waals surface area contributed by atoms with E-state index < -0.39 is 0 Å². The quantitative estimate of drug-likeness (QED) is 0.297.